The first-order valence-electron chi connectivity index (χ1n) is 7.96. The Bertz CT molecular complexity index is 618. The molecular weight excluding hydrogens is 272 g/mol. The van der Waals surface area contributed by atoms with Crippen LogP contribution >= 0.6 is 0 Å². The summed E-state index contributed by atoms with van der Waals surface area (Å²) in [4.78, 5) is 12.6. The summed E-state index contributed by atoms with van der Waals surface area (Å²) in [6.07, 6.45) is 2.96. The highest BCUT2D eigenvalue weighted by atomic mass is 16.1. The first-order chi connectivity index (χ1) is 10.8. The van der Waals surface area contributed by atoms with Gasteiger partial charge in [0.1, 0.15) is 0 Å². The maximum Gasteiger partial charge on any atom is 0.251 e. The predicted molar refractivity (Wildman–Crippen MR) is 89.0 cm³/mol. The van der Waals surface area contributed by atoms with Crippen molar-refractivity contribution in [3.8, 4) is 0 Å². The second-order valence-electron chi connectivity index (χ2n) is 5.84. The van der Waals surface area contributed by atoms with E-state index in [-0.39, 0.29) is 11.9 Å². The Kier molecular flexibility index (Phi) is 4.86. The predicted octanol–water partition coefficient (Wildman–Crippen LogP) is 2.76. The van der Waals surface area contributed by atoms with Crippen LogP contribution in [0.3, 0.4) is 0 Å². The quantitative estimate of drug-likeness (QED) is 0.910. The molecule has 1 aliphatic heterocycles. The molecule has 3 nitrogen and oxygen atoms in total. The third-order valence-electron chi connectivity index (χ3n) is 4.13. The lowest BCUT2D eigenvalue weighted by molar-refractivity contribution is 0.0930. The van der Waals surface area contributed by atoms with Gasteiger partial charge in [-0.3, -0.25) is 4.79 Å². The van der Waals surface area contributed by atoms with Crippen LogP contribution in [-0.4, -0.2) is 25.0 Å². The van der Waals surface area contributed by atoms with E-state index in [0.717, 1.165) is 43.5 Å². The van der Waals surface area contributed by atoms with Crippen molar-refractivity contribution in [2.75, 3.05) is 13.1 Å². The van der Waals surface area contributed by atoms with Crippen molar-refractivity contribution in [1.29, 1.82) is 0 Å². The molecule has 1 heterocycles. The summed E-state index contributed by atoms with van der Waals surface area (Å²) in [5.74, 6) is 0.0419. The molecule has 3 heteroatoms. The average Bonchev–Trinajstić information content (AvgIpc) is 2.57. The number of carbonyl (C=O) groups excluding carboxylic acids is 1. The Labute approximate surface area is 131 Å². The number of hydrogen-bond donors (Lipinski definition) is 2. The summed E-state index contributed by atoms with van der Waals surface area (Å²) in [5, 5.41) is 6.49. The molecule has 1 amide bonds. The van der Waals surface area contributed by atoms with Crippen molar-refractivity contribution < 1.29 is 4.79 Å². The SMILES string of the molecule is O=C(N[C@H]1CCCNC1)c1ccccc1Cc1ccccc1. The van der Waals surface area contributed by atoms with Crippen molar-refractivity contribution in [1.82, 2.24) is 10.6 Å². The molecule has 0 unspecified atom stereocenters. The highest BCUT2D eigenvalue weighted by Crippen LogP contribution is 2.15. The van der Waals surface area contributed by atoms with E-state index in [0.29, 0.717) is 0 Å². The van der Waals surface area contributed by atoms with Crippen LogP contribution in [0.5, 0.6) is 0 Å². The molecule has 1 atom stereocenters. The number of rotatable bonds is 4. The lowest BCUT2D eigenvalue weighted by Gasteiger charge is -2.24. The average molecular weight is 294 g/mol. The molecule has 114 valence electrons. The first-order valence-corrected chi connectivity index (χ1v) is 7.96. The minimum absolute atomic E-state index is 0.0419. The van der Waals surface area contributed by atoms with Crippen LogP contribution < -0.4 is 10.6 Å². The number of piperidine rings is 1. The van der Waals surface area contributed by atoms with Gasteiger partial charge in [0.05, 0.1) is 0 Å². The Morgan fingerprint density at radius 2 is 1.86 bits per heavy atom. The molecule has 22 heavy (non-hydrogen) atoms. The first kappa shape index (κ1) is 14.8. The fraction of sp³-hybridized carbons (Fsp3) is 0.316. The molecule has 2 aromatic carbocycles. The molecule has 1 aliphatic rings. The van der Waals surface area contributed by atoms with Gasteiger partial charge in [-0.25, -0.2) is 0 Å². The number of nitrogens with one attached hydrogen (secondary N) is 2. The summed E-state index contributed by atoms with van der Waals surface area (Å²) < 4.78 is 0. The fourth-order valence-corrected chi connectivity index (χ4v) is 2.95. The van der Waals surface area contributed by atoms with Crippen LogP contribution in [0.4, 0.5) is 0 Å². The molecule has 1 saturated heterocycles. The minimum Gasteiger partial charge on any atom is -0.348 e. The van der Waals surface area contributed by atoms with Gasteiger partial charge < -0.3 is 10.6 Å². The molecule has 1 fully saturated rings. The number of carbonyl (C=O) groups is 1. The van der Waals surface area contributed by atoms with E-state index in [4.69, 9.17) is 0 Å². The van der Waals surface area contributed by atoms with E-state index < -0.39 is 0 Å². The largest absolute Gasteiger partial charge is 0.348 e. The van der Waals surface area contributed by atoms with Crippen molar-refractivity contribution in [2.45, 2.75) is 25.3 Å². The smallest absolute Gasteiger partial charge is 0.251 e. The van der Waals surface area contributed by atoms with Crippen LogP contribution in [0, 0.1) is 0 Å². The molecule has 3 rings (SSSR count). The Balaban J connectivity index is 1.74. The van der Waals surface area contributed by atoms with Gasteiger partial charge in [0.15, 0.2) is 0 Å². The van der Waals surface area contributed by atoms with E-state index in [1.807, 2.05) is 42.5 Å². The van der Waals surface area contributed by atoms with Gasteiger partial charge in [-0.2, -0.15) is 0 Å². The van der Waals surface area contributed by atoms with E-state index in [9.17, 15) is 4.79 Å². The van der Waals surface area contributed by atoms with Crippen molar-refractivity contribution in [3.63, 3.8) is 0 Å². The van der Waals surface area contributed by atoms with Gasteiger partial charge >= 0.3 is 0 Å². The van der Waals surface area contributed by atoms with Gasteiger partial charge in [0.25, 0.3) is 5.91 Å². The lowest BCUT2D eigenvalue weighted by atomic mass is 9.98. The van der Waals surface area contributed by atoms with Gasteiger partial charge in [-0.15, -0.1) is 0 Å². The second-order valence-corrected chi connectivity index (χ2v) is 5.84. The Morgan fingerprint density at radius 1 is 1.09 bits per heavy atom. The maximum absolute atomic E-state index is 12.6. The fourth-order valence-electron chi connectivity index (χ4n) is 2.95. The maximum atomic E-state index is 12.6. The molecule has 0 bridgehead atoms. The standard InChI is InChI=1S/C19H22N2O/c22-19(21-17-10-6-12-20-14-17)18-11-5-4-9-16(18)13-15-7-2-1-3-8-15/h1-5,7-9,11,17,20H,6,10,12-14H2,(H,21,22)/t17-/m0/s1. The zero-order chi connectivity index (χ0) is 15.2. The van der Waals surface area contributed by atoms with Crippen LogP contribution in [0.1, 0.15) is 34.3 Å². The minimum atomic E-state index is 0.0419. The van der Waals surface area contributed by atoms with E-state index in [2.05, 4.69) is 22.8 Å². The summed E-state index contributed by atoms with van der Waals surface area (Å²) in [5.41, 5.74) is 3.09. The highest BCUT2D eigenvalue weighted by Gasteiger charge is 2.18. The zero-order valence-corrected chi connectivity index (χ0v) is 12.7. The molecular formula is C19H22N2O. The zero-order valence-electron chi connectivity index (χ0n) is 12.7. The van der Waals surface area contributed by atoms with Gasteiger partial charge in [0.2, 0.25) is 0 Å². The van der Waals surface area contributed by atoms with Crippen LogP contribution in [0.25, 0.3) is 0 Å². The topological polar surface area (TPSA) is 41.1 Å². The van der Waals surface area contributed by atoms with E-state index in [1.165, 1.54) is 5.56 Å². The Morgan fingerprint density at radius 3 is 2.64 bits per heavy atom. The van der Waals surface area contributed by atoms with Crippen LogP contribution in [-0.2, 0) is 6.42 Å². The molecule has 0 aliphatic carbocycles. The third kappa shape index (κ3) is 3.74. The summed E-state index contributed by atoms with van der Waals surface area (Å²) >= 11 is 0. The van der Waals surface area contributed by atoms with E-state index >= 15 is 0 Å². The van der Waals surface area contributed by atoms with Crippen LogP contribution in [0.15, 0.2) is 54.6 Å². The van der Waals surface area contributed by atoms with Crippen molar-refractivity contribution in [3.05, 3.63) is 71.3 Å². The van der Waals surface area contributed by atoms with Crippen molar-refractivity contribution >= 4 is 5.91 Å². The van der Waals surface area contributed by atoms with Crippen molar-refractivity contribution in [2.24, 2.45) is 0 Å². The monoisotopic (exact) mass is 294 g/mol. The molecule has 0 saturated carbocycles. The van der Waals surface area contributed by atoms with Gasteiger partial charge in [-0.1, -0.05) is 48.5 Å². The highest BCUT2D eigenvalue weighted by molar-refractivity contribution is 5.96. The van der Waals surface area contributed by atoms with Gasteiger partial charge in [-0.05, 0) is 43.0 Å². The summed E-state index contributed by atoms with van der Waals surface area (Å²) in [6, 6.07) is 18.4. The van der Waals surface area contributed by atoms with Crippen LogP contribution in [0.2, 0.25) is 0 Å². The molecule has 0 spiro atoms. The molecule has 2 aromatic rings. The molecule has 0 radical (unpaired) electrons. The number of amides is 1. The van der Waals surface area contributed by atoms with Gasteiger partial charge in [0, 0.05) is 18.2 Å². The molecule has 2 N–H and O–H groups in total. The number of benzene rings is 2. The van der Waals surface area contributed by atoms with E-state index in [1.54, 1.807) is 0 Å². The summed E-state index contributed by atoms with van der Waals surface area (Å²) in [7, 11) is 0. The third-order valence-corrected chi connectivity index (χ3v) is 4.13. The number of hydrogen-bond acceptors (Lipinski definition) is 2. The second kappa shape index (κ2) is 7.23. The Hall–Kier alpha value is -2.13. The lowest BCUT2D eigenvalue weighted by Crippen LogP contribution is -2.45. The normalized spacial score (nSPS) is 17.9. The molecule has 0 aromatic heterocycles. The summed E-state index contributed by atoms with van der Waals surface area (Å²) in [6.45, 7) is 1.92.